The topological polar surface area (TPSA) is 65.0 Å². The first-order chi connectivity index (χ1) is 14.9. The van der Waals surface area contributed by atoms with Gasteiger partial charge in [-0.3, -0.25) is 4.79 Å². The van der Waals surface area contributed by atoms with Crippen LogP contribution in [0.15, 0.2) is 49.1 Å². The Morgan fingerprint density at radius 2 is 1.94 bits per heavy atom. The van der Waals surface area contributed by atoms with Crippen molar-refractivity contribution in [3.05, 3.63) is 54.6 Å². The van der Waals surface area contributed by atoms with E-state index >= 15 is 0 Å². The molecule has 5 heteroatoms. The third-order valence-electron chi connectivity index (χ3n) is 5.47. The molecular formula is C26H40O5. The first-order valence-corrected chi connectivity index (χ1v) is 11.2. The summed E-state index contributed by atoms with van der Waals surface area (Å²) in [7, 11) is 1.55. The average molecular weight is 433 g/mol. The van der Waals surface area contributed by atoms with Crippen molar-refractivity contribution in [1.82, 2.24) is 0 Å². The second-order valence-corrected chi connectivity index (χ2v) is 8.24. The summed E-state index contributed by atoms with van der Waals surface area (Å²) >= 11 is 0. The van der Waals surface area contributed by atoms with Crippen molar-refractivity contribution in [1.29, 1.82) is 0 Å². The van der Waals surface area contributed by atoms with Gasteiger partial charge in [-0.05, 0) is 55.2 Å². The van der Waals surface area contributed by atoms with Gasteiger partial charge in [0.15, 0.2) is 0 Å². The molecule has 1 aromatic rings. The lowest BCUT2D eigenvalue weighted by Gasteiger charge is -2.24. The Hall–Kier alpha value is -2.11. The fourth-order valence-electron chi connectivity index (χ4n) is 3.53. The standard InChI is InChI=1S/C26H40O5/c1-6-16-30-23-14-12-22(13-15-23)18-24(26(27)28)25(31-19-29-5)11-9-8-10-21(4)17-20(3)7-2/h6,8,10,12-15,20-21,24-25H,1,7,9,11,16-19H2,2-5H3,(H,27,28)/b10-8+/t20-,21+,24+,25-/m1/s1. The molecule has 0 bridgehead atoms. The highest BCUT2D eigenvalue weighted by Crippen LogP contribution is 2.23. The summed E-state index contributed by atoms with van der Waals surface area (Å²) in [5.74, 6) is 0.454. The number of carbonyl (C=O) groups is 1. The summed E-state index contributed by atoms with van der Waals surface area (Å²) in [6.45, 7) is 10.9. The lowest BCUT2D eigenvalue weighted by molar-refractivity contribution is -0.153. The van der Waals surface area contributed by atoms with Crippen molar-refractivity contribution < 1.29 is 24.1 Å². The van der Waals surface area contributed by atoms with Crippen LogP contribution in [0.2, 0.25) is 0 Å². The zero-order valence-electron chi connectivity index (χ0n) is 19.6. The van der Waals surface area contributed by atoms with Crippen LogP contribution in [0, 0.1) is 17.8 Å². The number of hydrogen-bond donors (Lipinski definition) is 1. The highest BCUT2D eigenvalue weighted by molar-refractivity contribution is 5.71. The molecule has 0 aliphatic heterocycles. The molecule has 0 unspecified atom stereocenters. The first kappa shape index (κ1) is 26.9. The average Bonchev–Trinajstić information content (AvgIpc) is 2.76. The molecular weight excluding hydrogens is 392 g/mol. The number of carboxylic acids is 1. The molecule has 1 N–H and O–H groups in total. The number of aliphatic carboxylic acids is 1. The minimum absolute atomic E-state index is 0.0803. The Morgan fingerprint density at radius 3 is 2.52 bits per heavy atom. The Balaban J connectivity index is 2.74. The normalized spacial score (nSPS) is 15.4. The van der Waals surface area contributed by atoms with Crippen molar-refractivity contribution in [2.45, 2.75) is 59.0 Å². The van der Waals surface area contributed by atoms with Gasteiger partial charge in [-0.15, -0.1) is 0 Å². The molecule has 0 fully saturated rings. The summed E-state index contributed by atoms with van der Waals surface area (Å²) in [6.07, 6.45) is 9.80. The summed E-state index contributed by atoms with van der Waals surface area (Å²) < 4.78 is 16.3. The van der Waals surface area contributed by atoms with Gasteiger partial charge < -0.3 is 19.3 Å². The molecule has 0 spiro atoms. The molecule has 0 heterocycles. The molecule has 0 aliphatic rings. The van der Waals surface area contributed by atoms with Gasteiger partial charge in [0.05, 0.1) is 12.0 Å². The number of carboxylic acid groups (broad SMARTS) is 1. The van der Waals surface area contributed by atoms with E-state index in [1.165, 1.54) is 12.8 Å². The van der Waals surface area contributed by atoms with Gasteiger partial charge in [0.1, 0.15) is 19.1 Å². The van der Waals surface area contributed by atoms with Crippen LogP contribution in [0.4, 0.5) is 0 Å². The third kappa shape index (κ3) is 11.2. The van der Waals surface area contributed by atoms with E-state index in [0.717, 1.165) is 17.7 Å². The number of methoxy groups -OCH3 is 1. The number of ether oxygens (including phenoxy) is 3. The summed E-state index contributed by atoms with van der Waals surface area (Å²) in [4.78, 5) is 12.0. The lowest BCUT2D eigenvalue weighted by atomic mass is 9.90. The molecule has 1 aromatic carbocycles. The minimum Gasteiger partial charge on any atom is -0.490 e. The Labute approximate surface area is 188 Å². The largest absolute Gasteiger partial charge is 0.490 e. The van der Waals surface area contributed by atoms with Crippen molar-refractivity contribution in [2.24, 2.45) is 17.8 Å². The Morgan fingerprint density at radius 1 is 1.23 bits per heavy atom. The molecule has 31 heavy (non-hydrogen) atoms. The van der Waals surface area contributed by atoms with Gasteiger partial charge in [0.25, 0.3) is 0 Å². The molecule has 5 nitrogen and oxygen atoms in total. The maximum atomic E-state index is 12.0. The zero-order chi connectivity index (χ0) is 23.1. The van der Waals surface area contributed by atoms with E-state index in [-0.39, 0.29) is 6.79 Å². The molecule has 0 saturated carbocycles. The minimum atomic E-state index is -0.859. The highest BCUT2D eigenvalue weighted by atomic mass is 16.7. The van der Waals surface area contributed by atoms with E-state index in [9.17, 15) is 9.90 Å². The highest BCUT2D eigenvalue weighted by Gasteiger charge is 2.29. The van der Waals surface area contributed by atoms with Gasteiger partial charge >= 0.3 is 5.97 Å². The van der Waals surface area contributed by atoms with Crippen molar-refractivity contribution in [2.75, 3.05) is 20.5 Å². The van der Waals surface area contributed by atoms with Crippen molar-refractivity contribution in [3.8, 4) is 5.75 Å². The van der Waals surface area contributed by atoms with Crippen LogP contribution >= 0.6 is 0 Å². The molecule has 4 atom stereocenters. The molecule has 1 rings (SSSR count). The van der Waals surface area contributed by atoms with Gasteiger partial charge in [0, 0.05) is 7.11 Å². The van der Waals surface area contributed by atoms with Crippen molar-refractivity contribution in [3.63, 3.8) is 0 Å². The molecule has 174 valence electrons. The quantitative estimate of drug-likeness (QED) is 0.245. The smallest absolute Gasteiger partial charge is 0.309 e. The van der Waals surface area contributed by atoms with Crippen LogP contribution in [0.5, 0.6) is 5.75 Å². The van der Waals surface area contributed by atoms with Crippen LogP contribution in [-0.2, 0) is 20.7 Å². The maximum Gasteiger partial charge on any atom is 0.309 e. The second-order valence-electron chi connectivity index (χ2n) is 8.24. The van der Waals surface area contributed by atoms with Crippen LogP contribution in [0.3, 0.4) is 0 Å². The van der Waals surface area contributed by atoms with Gasteiger partial charge in [-0.2, -0.15) is 0 Å². The van der Waals surface area contributed by atoms with E-state index in [0.29, 0.717) is 31.3 Å². The Bertz CT molecular complexity index is 652. The molecule has 0 amide bonds. The maximum absolute atomic E-state index is 12.0. The predicted molar refractivity (Wildman–Crippen MR) is 125 cm³/mol. The van der Waals surface area contributed by atoms with Crippen LogP contribution in [0.1, 0.15) is 52.0 Å². The van der Waals surface area contributed by atoms with Crippen LogP contribution in [-0.4, -0.2) is 37.7 Å². The Kier molecular flexibility index (Phi) is 13.6. The number of rotatable bonds is 17. The number of allylic oxidation sites excluding steroid dienone is 2. The monoisotopic (exact) mass is 432 g/mol. The molecule has 0 aliphatic carbocycles. The molecule has 0 aromatic heterocycles. The van der Waals surface area contributed by atoms with Gasteiger partial charge in [-0.25, -0.2) is 0 Å². The fraction of sp³-hybridized carbons (Fsp3) is 0.577. The van der Waals surface area contributed by atoms with Crippen LogP contribution < -0.4 is 4.74 Å². The summed E-state index contributed by atoms with van der Waals surface area (Å²) in [6, 6.07) is 7.50. The second kappa shape index (κ2) is 15.7. The summed E-state index contributed by atoms with van der Waals surface area (Å²) in [5, 5.41) is 9.87. The van der Waals surface area contributed by atoms with E-state index < -0.39 is 18.0 Å². The predicted octanol–water partition coefficient (Wildman–Crippen LogP) is 5.89. The van der Waals surface area contributed by atoms with Gasteiger partial charge in [0.2, 0.25) is 0 Å². The summed E-state index contributed by atoms with van der Waals surface area (Å²) in [5.41, 5.74) is 0.932. The van der Waals surface area contributed by atoms with Crippen molar-refractivity contribution >= 4 is 5.97 Å². The fourth-order valence-corrected chi connectivity index (χ4v) is 3.53. The first-order valence-electron chi connectivity index (χ1n) is 11.2. The van der Waals surface area contributed by atoms with E-state index in [1.807, 2.05) is 24.3 Å². The lowest BCUT2D eigenvalue weighted by Crippen LogP contribution is -2.33. The van der Waals surface area contributed by atoms with Gasteiger partial charge in [-0.1, -0.05) is 64.1 Å². The number of hydrogen-bond acceptors (Lipinski definition) is 4. The molecule has 0 radical (unpaired) electrons. The zero-order valence-corrected chi connectivity index (χ0v) is 19.6. The van der Waals surface area contributed by atoms with E-state index in [4.69, 9.17) is 14.2 Å². The number of benzene rings is 1. The van der Waals surface area contributed by atoms with Crippen LogP contribution in [0.25, 0.3) is 0 Å². The van der Waals surface area contributed by atoms with E-state index in [1.54, 1.807) is 13.2 Å². The SMILES string of the molecule is C=CCOc1ccc(C[C@H](C(=O)O)[C@@H](CC/C=C/[C@H](C)C[C@H](C)CC)OCOC)cc1. The van der Waals surface area contributed by atoms with E-state index in [2.05, 4.69) is 39.5 Å². The molecule has 0 saturated heterocycles. The third-order valence-corrected chi connectivity index (χ3v) is 5.47.